The van der Waals surface area contributed by atoms with Crippen LogP contribution in [-0.4, -0.2) is 41.2 Å². The highest BCUT2D eigenvalue weighted by Crippen LogP contribution is 2.20. The van der Waals surface area contributed by atoms with Crippen LogP contribution in [0.15, 0.2) is 24.3 Å². The van der Waals surface area contributed by atoms with Crippen molar-refractivity contribution in [3.8, 4) is 5.69 Å². The molecule has 0 aliphatic carbocycles. The summed E-state index contributed by atoms with van der Waals surface area (Å²) in [7, 11) is 1.37. The first kappa shape index (κ1) is 19.2. The average molecular weight is 358 g/mol. The number of esters is 1. The number of ether oxygens (including phenoxy) is 1. The fourth-order valence-electron chi connectivity index (χ4n) is 2.64. The minimum Gasteiger partial charge on any atom is -0.469 e. The predicted molar refractivity (Wildman–Crippen MR) is 94.9 cm³/mol. The Balaban J connectivity index is 2.17. The van der Waals surface area contributed by atoms with Crippen LogP contribution in [0.1, 0.15) is 33.7 Å². The highest BCUT2D eigenvalue weighted by molar-refractivity contribution is 5.96. The van der Waals surface area contributed by atoms with E-state index in [1.54, 1.807) is 28.9 Å². The number of methoxy groups -OCH3 is 1. The van der Waals surface area contributed by atoms with Gasteiger partial charge in [0.2, 0.25) is 5.91 Å². The largest absolute Gasteiger partial charge is 0.469 e. The molecule has 8 nitrogen and oxygen atoms in total. The second-order valence-electron chi connectivity index (χ2n) is 5.83. The van der Waals surface area contributed by atoms with E-state index >= 15 is 0 Å². The smallest absolute Gasteiger partial charge is 0.305 e. The van der Waals surface area contributed by atoms with Crippen molar-refractivity contribution in [3.05, 3.63) is 46.8 Å². The van der Waals surface area contributed by atoms with Gasteiger partial charge >= 0.3 is 5.97 Å². The van der Waals surface area contributed by atoms with Gasteiger partial charge in [-0.05, 0) is 50.1 Å². The number of carbonyl (C=O) groups is 3. The lowest BCUT2D eigenvalue weighted by Crippen LogP contribution is -2.33. The number of rotatable bonds is 7. The summed E-state index contributed by atoms with van der Waals surface area (Å²) in [6.45, 7) is 3.61. The molecular weight excluding hydrogens is 336 g/mol. The number of carbonyl (C=O) groups excluding carboxylic acids is 3. The summed E-state index contributed by atoms with van der Waals surface area (Å²) in [4.78, 5) is 34.0. The van der Waals surface area contributed by atoms with Crippen LogP contribution in [0.4, 0.5) is 0 Å². The molecule has 2 aromatic rings. The predicted octanol–water partition coefficient (Wildman–Crippen LogP) is 0.810. The van der Waals surface area contributed by atoms with E-state index in [1.807, 2.05) is 13.8 Å². The number of nitrogens with two attached hydrogens (primary N) is 1. The van der Waals surface area contributed by atoms with Crippen LogP contribution in [0, 0.1) is 13.8 Å². The number of nitrogens with one attached hydrogen (secondary N) is 1. The number of amides is 2. The third kappa shape index (κ3) is 4.47. The van der Waals surface area contributed by atoms with Crippen molar-refractivity contribution in [2.75, 3.05) is 13.7 Å². The zero-order chi connectivity index (χ0) is 19.3. The maximum Gasteiger partial charge on any atom is 0.305 e. The fraction of sp³-hybridized carbons (Fsp3) is 0.333. The van der Waals surface area contributed by atoms with E-state index in [4.69, 9.17) is 5.73 Å². The quantitative estimate of drug-likeness (QED) is 0.711. The van der Waals surface area contributed by atoms with Gasteiger partial charge in [-0.1, -0.05) is 0 Å². The van der Waals surface area contributed by atoms with Crippen LogP contribution in [0.25, 0.3) is 5.69 Å². The maximum atomic E-state index is 11.9. The second kappa shape index (κ2) is 8.28. The first-order valence-corrected chi connectivity index (χ1v) is 8.12. The van der Waals surface area contributed by atoms with Gasteiger partial charge in [0.1, 0.15) is 0 Å². The summed E-state index contributed by atoms with van der Waals surface area (Å²) in [6.07, 6.45) is 0.848. The van der Waals surface area contributed by atoms with E-state index in [2.05, 4.69) is 15.2 Å². The van der Waals surface area contributed by atoms with Crippen molar-refractivity contribution >= 4 is 17.8 Å². The summed E-state index contributed by atoms with van der Waals surface area (Å²) < 4.78 is 6.45. The van der Waals surface area contributed by atoms with Crippen molar-refractivity contribution in [1.82, 2.24) is 15.1 Å². The van der Waals surface area contributed by atoms with E-state index < -0.39 is 5.91 Å². The molecule has 0 aliphatic heterocycles. The summed E-state index contributed by atoms with van der Waals surface area (Å²) >= 11 is 0. The van der Waals surface area contributed by atoms with E-state index in [0.29, 0.717) is 18.4 Å². The van der Waals surface area contributed by atoms with Crippen LogP contribution in [-0.2, 0) is 20.7 Å². The molecule has 0 aliphatic rings. The first-order chi connectivity index (χ1) is 12.3. The van der Waals surface area contributed by atoms with Crippen LogP contribution >= 0.6 is 0 Å². The summed E-state index contributed by atoms with van der Waals surface area (Å²) in [6, 6.07) is 6.83. The maximum absolute atomic E-state index is 11.9. The molecule has 3 N–H and O–H groups in total. The Labute approximate surface area is 151 Å². The van der Waals surface area contributed by atoms with Gasteiger partial charge in [0.25, 0.3) is 5.91 Å². The zero-order valence-corrected chi connectivity index (χ0v) is 15.0. The third-order valence-electron chi connectivity index (χ3n) is 4.05. The lowest BCUT2D eigenvalue weighted by molar-refractivity contribution is -0.140. The Bertz CT molecular complexity index is 824. The number of hydrogen-bond donors (Lipinski definition) is 2. The fourth-order valence-corrected chi connectivity index (χ4v) is 2.64. The van der Waals surface area contributed by atoms with Crippen LogP contribution < -0.4 is 11.1 Å². The molecule has 0 saturated carbocycles. The van der Waals surface area contributed by atoms with Gasteiger partial charge in [-0.15, -0.1) is 0 Å². The third-order valence-corrected chi connectivity index (χ3v) is 4.05. The van der Waals surface area contributed by atoms with Gasteiger partial charge in [-0.25, -0.2) is 4.68 Å². The Kier molecular flexibility index (Phi) is 6.11. The van der Waals surface area contributed by atoms with Crippen molar-refractivity contribution in [3.63, 3.8) is 0 Å². The van der Waals surface area contributed by atoms with Gasteiger partial charge < -0.3 is 15.8 Å². The van der Waals surface area contributed by atoms with Gasteiger partial charge in [0, 0.05) is 17.7 Å². The second-order valence-corrected chi connectivity index (χ2v) is 5.83. The lowest BCUT2D eigenvalue weighted by atomic mass is 10.1. The molecule has 138 valence electrons. The van der Waals surface area contributed by atoms with Crippen molar-refractivity contribution in [2.24, 2.45) is 5.73 Å². The van der Waals surface area contributed by atoms with Crippen molar-refractivity contribution in [2.45, 2.75) is 26.7 Å². The molecule has 1 aromatic heterocycles. The lowest BCUT2D eigenvalue weighted by Gasteiger charge is -2.07. The van der Waals surface area contributed by atoms with E-state index in [-0.39, 0.29) is 18.4 Å². The SMILES string of the molecule is COC(=O)CCc1c(C)nn(-c2ccc(C(=O)NCC(N)=O)cc2)c1C. The molecule has 26 heavy (non-hydrogen) atoms. The van der Waals surface area contributed by atoms with Gasteiger partial charge in [-0.3, -0.25) is 14.4 Å². The number of primary amides is 1. The molecule has 0 radical (unpaired) electrons. The Hall–Kier alpha value is -3.16. The van der Waals surface area contributed by atoms with Gasteiger partial charge in [0.05, 0.1) is 25.0 Å². The topological polar surface area (TPSA) is 116 Å². The van der Waals surface area contributed by atoms with E-state index in [0.717, 1.165) is 22.6 Å². The molecule has 8 heteroatoms. The number of aromatic nitrogens is 2. The average Bonchev–Trinajstić information content (AvgIpc) is 2.91. The van der Waals surface area contributed by atoms with Crippen LogP contribution in [0.5, 0.6) is 0 Å². The van der Waals surface area contributed by atoms with Gasteiger partial charge in [-0.2, -0.15) is 5.10 Å². The molecule has 0 fully saturated rings. The number of aryl methyl sites for hydroxylation is 1. The molecule has 1 aromatic carbocycles. The van der Waals surface area contributed by atoms with Crippen molar-refractivity contribution < 1.29 is 19.1 Å². The number of hydrogen-bond acceptors (Lipinski definition) is 5. The Morgan fingerprint density at radius 2 is 1.85 bits per heavy atom. The molecule has 0 atom stereocenters. The highest BCUT2D eigenvalue weighted by atomic mass is 16.5. The molecule has 0 saturated heterocycles. The molecule has 0 spiro atoms. The molecule has 0 bridgehead atoms. The summed E-state index contributed by atoms with van der Waals surface area (Å²) in [5.41, 5.74) is 8.99. The van der Waals surface area contributed by atoms with Crippen LogP contribution in [0.2, 0.25) is 0 Å². The zero-order valence-electron chi connectivity index (χ0n) is 15.0. The minimum atomic E-state index is -0.600. The first-order valence-electron chi connectivity index (χ1n) is 8.12. The van der Waals surface area contributed by atoms with Crippen molar-refractivity contribution in [1.29, 1.82) is 0 Å². The Morgan fingerprint density at radius 3 is 2.42 bits per heavy atom. The standard InChI is InChI=1S/C18H22N4O4/c1-11-15(8-9-17(24)26-3)12(2)22(21-11)14-6-4-13(5-7-14)18(25)20-10-16(19)23/h4-7H,8-10H2,1-3H3,(H2,19,23)(H,20,25). The summed E-state index contributed by atoms with van der Waals surface area (Å²) in [5, 5.41) is 6.96. The molecular formula is C18H22N4O4. The van der Waals surface area contributed by atoms with E-state index in [1.165, 1.54) is 7.11 Å². The molecule has 2 amide bonds. The van der Waals surface area contributed by atoms with Gasteiger partial charge in [0.15, 0.2) is 0 Å². The normalized spacial score (nSPS) is 10.4. The monoisotopic (exact) mass is 358 g/mol. The molecule has 2 rings (SSSR count). The molecule has 0 unspecified atom stereocenters. The molecule has 1 heterocycles. The summed E-state index contributed by atoms with van der Waals surface area (Å²) in [5.74, 6) is -1.23. The van der Waals surface area contributed by atoms with E-state index in [9.17, 15) is 14.4 Å². The minimum absolute atomic E-state index is 0.207. The Morgan fingerprint density at radius 1 is 1.19 bits per heavy atom. The number of nitrogens with zero attached hydrogens (tertiary/aromatic N) is 2. The number of benzene rings is 1. The highest BCUT2D eigenvalue weighted by Gasteiger charge is 2.15. The van der Waals surface area contributed by atoms with Crippen LogP contribution in [0.3, 0.4) is 0 Å².